The van der Waals surface area contributed by atoms with E-state index in [0.717, 1.165) is 19.5 Å². The molecule has 0 aromatic heterocycles. The van der Waals surface area contributed by atoms with E-state index in [1.54, 1.807) is 0 Å². The normalized spacial score (nSPS) is 18.1. The average molecular weight is 280 g/mol. The number of nitrogens with zero attached hydrogens (tertiary/aromatic N) is 1. The van der Waals surface area contributed by atoms with Crippen molar-refractivity contribution >= 4 is 0 Å². The molecule has 3 nitrogen and oxygen atoms in total. The Morgan fingerprint density at radius 1 is 1.30 bits per heavy atom. The lowest BCUT2D eigenvalue weighted by molar-refractivity contribution is 0.225. The molecule has 0 amide bonds. The van der Waals surface area contributed by atoms with Gasteiger partial charge in [0.15, 0.2) is 0 Å². The Kier molecular flexibility index (Phi) is 5.80. The van der Waals surface area contributed by atoms with Gasteiger partial charge >= 0.3 is 0 Å². The first kappa shape index (κ1) is 15.3. The van der Waals surface area contributed by atoms with Crippen LogP contribution in [-0.2, 0) is 0 Å². The Morgan fingerprint density at radius 2 is 2.05 bits per heavy atom. The first-order valence-electron chi connectivity index (χ1n) is 7.61. The number of hydrogen-bond donors (Lipinski definition) is 2. The van der Waals surface area contributed by atoms with Gasteiger partial charge in [0.2, 0.25) is 0 Å². The summed E-state index contributed by atoms with van der Waals surface area (Å²) in [7, 11) is 0. The molecule has 2 N–H and O–H groups in total. The standard InChI is InChI=1S/C16H25FN2O/c1-13(15-12-14(17)6-7-16(15)20)18-8-5-11-19-9-3-2-4-10-19/h6-7,12-13,18,20H,2-5,8-11H2,1H3. The van der Waals surface area contributed by atoms with E-state index in [-0.39, 0.29) is 17.6 Å². The van der Waals surface area contributed by atoms with Crippen LogP contribution in [0.15, 0.2) is 18.2 Å². The quantitative estimate of drug-likeness (QED) is 0.786. The Morgan fingerprint density at radius 3 is 2.80 bits per heavy atom. The molecule has 0 spiro atoms. The molecule has 1 aliphatic rings. The molecule has 1 aromatic rings. The third kappa shape index (κ3) is 4.46. The van der Waals surface area contributed by atoms with Crippen molar-refractivity contribution in [3.05, 3.63) is 29.6 Å². The molecule has 4 heteroatoms. The number of phenolic OH excluding ortho intramolecular Hbond substituents is 1. The summed E-state index contributed by atoms with van der Waals surface area (Å²) >= 11 is 0. The molecule has 1 unspecified atom stereocenters. The topological polar surface area (TPSA) is 35.5 Å². The Bertz CT molecular complexity index is 419. The highest BCUT2D eigenvalue weighted by molar-refractivity contribution is 5.34. The van der Waals surface area contributed by atoms with Crippen molar-refractivity contribution in [3.8, 4) is 5.75 Å². The summed E-state index contributed by atoms with van der Waals surface area (Å²) in [5, 5.41) is 13.1. The van der Waals surface area contributed by atoms with Gasteiger partial charge in [0.05, 0.1) is 0 Å². The predicted molar refractivity (Wildman–Crippen MR) is 79.4 cm³/mol. The van der Waals surface area contributed by atoms with Crippen molar-refractivity contribution in [3.63, 3.8) is 0 Å². The van der Waals surface area contributed by atoms with Crippen LogP contribution in [0.4, 0.5) is 4.39 Å². The molecule has 1 heterocycles. The minimum Gasteiger partial charge on any atom is -0.508 e. The third-order valence-corrected chi connectivity index (χ3v) is 4.01. The number of likely N-dealkylation sites (tertiary alicyclic amines) is 1. The van der Waals surface area contributed by atoms with E-state index in [2.05, 4.69) is 10.2 Å². The molecule has 0 aliphatic carbocycles. The van der Waals surface area contributed by atoms with Crippen molar-refractivity contribution in [1.82, 2.24) is 10.2 Å². The summed E-state index contributed by atoms with van der Waals surface area (Å²) in [6.07, 6.45) is 5.09. The monoisotopic (exact) mass is 280 g/mol. The van der Waals surface area contributed by atoms with Crippen molar-refractivity contribution < 1.29 is 9.50 Å². The largest absolute Gasteiger partial charge is 0.508 e. The SMILES string of the molecule is CC(NCCCN1CCCCC1)c1cc(F)ccc1O. The number of phenols is 1. The van der Waals surface area contributed by atoms with Gasteiger partial charge < -0.3 is 15.3 Å². The Balaban J connectivity index is 1.71. The van der Waals surface area contributed by atoms with Crippen LogP contribution in [-0.4, -0.2) is 36.2 Å². The molecule has 0 radical (unpaired) electrons. The van der Waals surface area contributed by atoms with E-state index in [0.29, 0.717) is 5.56 Å². The smallest absolute Gasteiger partial charge is 0.123 e. The Hall–Kier alpha value is -1.13. The number of halogens is 1. The van der Waals surface area contributed by atoms with Crippen LogP contribution in [0.3, 0.4) is 0 Å². The van der Waals surface area contributed by atoms with Gasteiger partial charge in [-0.05, 0) is 70.6 Å². The van der Waals surface area contributed by atoms with E-state index >= 15 is 0 Å². The molecule has 112 valence electrons. The van der Waals surface area contributed by atoms with Crippen molar-refractivity contribution in [2.75, 3.05) is 26.2 Å². The summed E-state index contributed by atoms with van der Waals surface area (Å²) < 4.78 is 13.2. The van der Waals surface area contributed by atoms with Gasteiger partial charge in [0.1, 0.15) is 11.6 Å². The number of rotatable bonds is 6. The number of benzene rings is 1. The molecule has 1 saturated heterocycles. The van der Waals surface area contributed by atoms with E-state index < -0.39 is 0 Å². The van der Waals surface area contributed by atoms with E-state index in [1.807, 2.05) is 6.92 Å². The maximum absolute atomic E-state index is 13.2. The zero-order valence-corrected chi connectivity index (χ0v) is 12.2. The third-order valence-electron chi connectivity index (χ3n) is 4.01. The van der Waals surface area contributed by atoms with Gasteiger partial charge in [-0.1, -0.05) is 6.42 Å². The van der Waals surface area contributed by atoms with Crippen LogP contribution in [0.2, 0.25) is 0 Å². The highest BCUT2D eigenvalue weighted by Gasteiger charge is 2.12. The Labute approximate surface area is 120 Å². The summed E-state index contributed by atoms with van der Waals surface area (Å²) in [5.74, 6) is -0.151. The maximum atomic E-state index is 13.2. The van der Waals surface area contributed by atoms with E-state index in [4.69, 9.17) is 0 Å². The first-order valence-corrected chi connectivity index (χ1v) is 7.61. The van der Waals surface area contributed by atoms with Crippen LogP contribution < -0.4 is 5.32 Å². The molecule has 1 atom stereocenters. The van der Waals surface area contributed by atoms with Gasteiger partial charge in [-0.25, -0.2) is 4.39 Å². The van der Waals surface area contributed by atoms with E-state index in [1.165, 1.54) is 50.6 Å². The lowest BCUT2D eigenvalue weighted by Gasteiger charge is -2.26. The minimum atomic E-state index is -0.306. The van der Waals surface area contributed by atoms with Crippen molar-refractivity contribution in [2.24, 2.45) is 0 Å². The molecule has 0 bridgehead atoms. The lowest BCUT2D eigenvalue weighted by atomic mass is 10.1. The van der Waals surface area contributed by atoms with Crippen molar-refractivity contribution in [1.29, 1.82) is 0 Å². The predicted octanol–water partition coefficient (Wildman–Crippen LogP) is 3.06. The van der Waals surface area contributed by atoms with Gasteiger partial charge in [0.25, 0.3) is 0 Å². The molecular weight excluding hydrogens is 255 g/mol. The van der Waals surface area contributed by atoms with Crippen LogP contribution in [0.1, 0.15) is 44.2 Å². The number of aromatic hydroxyl groups is 1. The highest BCUT2D eigenvalue weighted by atomic mass is 19.1. The molecule has 1 aliphatic heterocycles. The zero-order valence-electron chi connectivity index (χ0n) is 12.2. The molecule has 2 rings (SSSR count). The van der Waals surface area contributed by atoms with Gasteiger partial charge in [0, 0.05) is 11.6 Å². The summed E-state index contributed by atoms with van der Waals surface area (Å²) in [5.41, 5.74) is 0.628. The lowest BCUT2D eigenvalue weighted by Crippen LogP contribution is -2.32. The zero-order chi connectivity index (χ0) is 14.4. The fraction of sp³-hybridized carbons (Fsp3) is 0.625. The van der Waals surface area contributed by atoms with Crippen molar-refractivity contribution in [2.45, 2.75) is 38.6 Å². The van der Waals surface area contributed by atoms with Crippen LogP contribution >= 0.6 is 0 Å². The summed E-state index contributed by atoms with van der Waals surface area (Å²) in [4.78, 5) is 2.51. The molecule has 1 fully saturated rings. The highest BCUT2D eigenvalue weighted by Crippen LogP contribution is 2.24. The molecule has 1 aromatic carbocycles. The van der Waals surface area contributed by atoms with Gasteiger partial charge in [-0.2, -0.15) is 0 Å². The number of hydrogen-bond acceptors (Lipinski definition) is 3. The van der Waals surface area contributed by atoms with Gasteiger partial charge in [-0.3, -0.25) is 0 Å². The van der Waals surface area contributed by atoms with Gasteiger partial charge in [-0.15, -0.1) is 0 Å². The maximum Gasteiger partial charge on any atom is 0.123 e. The van der Waals surface area contributed by atoms with Crippen LogP contribution in [0, 0.1) is 5.82 Å². The van der Waals surface area contributed by atoms with Crippen LogP contribution in [0.25, 0.3) is 0 Å². The molecule has 20 heavy (non-hydrogen) atoms. The second kappa shape index (κ2) is 7.60. The number of piperidine rings is 1. The number of nitrogens with one attached hydrogen (secondary N) is 1. The second-order valence-electron chi connectivity index (χ2n) is 5.63. The first-order chi connectivity index (χ1) is 9.66. The fourth-order valence-corrected chi connectivity index (χ4v) is 2.79. The minimum absolute atomic E-state index is 0.0351. The average Bonchev–Trinajstić information content (AvgIpc) is 2.47. The van der Waals surface area contributed by atoms with E-state index in [9.17, 15) is 9.50 Å². The fourth-order valence-electron chi connectivity index (χ4n) is 2.79. The molecule has 0 saturated carbocycles. The summed E-state index contributed by atoms with van der Waals surface area (Å²) in [6.45, 7) is 6.40. The second-order valence-corrected chi connectivity index (χ2v) is 5.63. The molecular formula is C16H25FN2O. The van der Waals surface area contributed by atoms with Crippen LogP contribution in [0.5, 0.6) is 5.75 Å². The summed E-state index contributed by atoms with van der Waals surface area (Å²) in [6, 6.07) is 4.06.